The third-order valence-electron chi connectivity index (χ3n) is 5.17. The van der Waals surface area contributed by atoms with Crippen molar-refractivity contribution < 1.29 is 9.21 Å². The van der Waals surface area contributed by atoms with Crippen LogP contribution in [0.25, 0.3) is 11.0 Å². The zero-order valence-electron chi connectivity index (χ0n) is 15.5. The summed E-state index contributed by atoms with van der Waals surface area (Å²) in [5.74, 6) is -0.309. The number of carbonyl (C=O) groups excluding carboxylic acids is 1. The summed E-state index contributed by atoms with van der Waals surface area (Å²) in [5.41, 5.74) is 1.91. The Balaban J connectivity index is 1.75. The first-order chi connectivity index (χ1) is 14.5. The van der Waals surface area contributed by atoms with Gasteiger partial charge in [-0.3, -0.25) is 14.6 Å². The lowest BCUT2D eigenvalue weighted by Crippen LogP contribution is -2.29. The van der Waals surface area contributed by atoms with Gasteiger partial charge in [-0.15, -0.1) is 0 Å². The molecule has 7 heteroatoms. The molecule has 0 bridgehead atoms. The number of rotatable bonds is 3. The van der Waals surface area contributed by atoms with Gasteiger partial charge in [0.05, 0.1) is 17.0 Å². The highest BCUT2D eigenvalue weighted by Crippen LogP contribution is 2.39. The SMILES string of the molecule is O=C1c2oc3ccc(Cl)cc3c(=O)c2C(c2cccc(Cl)c2)N1Cc1cccnc1. The molecule has 2 aromatic heterocycles. The van der Waals surface area contributed by atoms with Gasteiger partial charge in [0.2, 0.25) is 5.76 Å². The van der Waals surface area contributed by atoms with Gasteiger partial charge in [-0.25, -0.2) is 0 Å². The number of hydrogen-bond donors (Lipinski definition) is 0. The van der Waals surface area contributed by atoms with Crippen molar-refractivity contribution in [3.8, 4) is 0 Å². The molecule has 0 saturated heterocycles. The van der Waals surface area contributed by atoms with Crippen LogP contribution in [0.5, 0.6) is 0 Å². The molecule has 5 rings (SSSR count). The Morgan fingerprint density at radius 2 is 1.83 bits per heavy atom. The summed E-state index contributed by atoms with van der Waals surface area (Å²) in [6, 6.07) is 15.0. The molecule has 1 aliphatic heterocycles. The van der Waals surface area contributed by atoms with Crippen molar-refractivity contribution in [1.82, 2.24) is 9.88 Å². The molecule has 0 saturated carbocycles. The molecule has 1 atom stereocenters. The van der Waals surface area contributed by atoms with Gasteiger partial charge in [-0.2, -0.15) is 0 Å². The molecule has 3 heterocycles. The summed E-state index contributed by atoms with van der Waals surface area (Å²) in [7, 11) is 0. The van der Waals surface area contributed by atoms with E-state index >= 15 is 0 Å². The number of benzene rings is 2. The van der Waals surface area contributed by atoms with Crippen molar-refractivity contribution in [1.29, 1.82) is 0 Å². The van der Waals surface area contributed by atoms with Gasteiger partial charge in [0, 0.05) is 29.0 Å². The molecular formula is C23H14Cl2N2O3. The Bertz CT molecular complexity index is 1350. The standard InChI is InChI=1S/C23H14Cl2N2O3/c24-15-5-1-4-14(9-15)20-19-21(28)17-10-16(25)6-7-18(17)30-22(19)23(29)27(20)12-13-3-2-8-26-11-13/h1-11,20H,12H2. The monoisotopic (exact) mass is 436 g/mol. The van der Waals surface area contributed by atoms with Gasteiger partial charge in [-0.05, 0) is 47.5 Å². The van der Waals surface area contributed by atoms with E-state index in [-0.39, 0.29) is 23.6 Å². The number of aromatic nitrogens is 1. The second-order valence-electron chi connectivity index (χ2n) is 7.07. The maximum Gasteiger partial charge on any atom is 0.291 e. The lowest BCUT2D eigenvalue weighted by Gasteiger charge is -2.25. The summed E-state index contributed by atoms with van der Waals surface area (Å²) in [5, 5.41) is 1.28. The van der Waals surface area contributed by atoms with E-state index in [4.69, 9.17) is 27.6 Å². The highest BCUT2D eigenvalue weighted by Gasteiger charge is 2.42. The number of hydrogen-bond acceptors (Lipinski definition) is 4. The number of pyridine rings is 1. The lowest BCUT2D eigenvalue weighted by molar-refractivity contribution is 0.0714. The third-order valence-corrected chi connectivity index (χ3v) is 5.64. The molecule has 5 nitrogen and oxygen atoms in total. The minimum Gasteiger partial charge on any atom is -0.450 e. The fourth-order valence-electron chi connectivity index (χ4n) is 3.87. The second kappa shape index (κ2) is 7.27. The summed E-state index contributed by atoms with van der Waals surface area (Å²) in [4.78, 5) is 32.5. The van der Waals surface area contributed by atoms with E-state index in [1.807, 2.05) is 12.1 Å². The van der Waals surface area contributed by atoms with Crippen LogP contribution in [-0.2, 0) is 6.54 Å². The Kier molecular flexibility index (Phi) is 4.57. The number of fused-ring (bicyclic) bond motifs is 2. The molecule has 0 N–H and O–H groups in total. The van der Waals surface area contributed by atoms with Gasteiger partial charge in [0.15, 0.2) is 5.43 Å². The minimum absolute atomic E-state index is 0.0451. The topological polar surface area (TPSA) is 63.4 Å². The number of nitrogens with zero attached hydrogens (tertiary/aromatic N) is 2. The molecule has 2 aromatic carbocycles. The summed E-state index contributed by atoms with van der Waals surface area (Å²) >= 11 is 12.3. The Hall–Kier alpha value is -3.15. The van der Waals surface area contributed by atoms with Crippen LogP contribution in [0.4, 0.5) is 0 Å². The molecule has 0 fully saturated rings. The van der Waals surface area contributed by atoms with Crippen molar-refractivity contribution in [3.63, 3.8) is 0 Å². The van der Waals surface area contributed by atoms with Crippen molar-refractivity contribution in [2.75, 3.05) is 0 Å². The Morgan fingerprint density at radius 1 is 1.00 bits per heavy atom. The van der Waals surface area contributed by atoms with Crippen molar-refractivity contribution in [2.45, 2.75) is 12.6 Å². The number of halogens is 2. The minimum atomic E-state index is -0.633. The Morgan fingerprint density at radius 3 is 2.60 bits per heavy atom. The summed E-state index contributed by atoms with van der Waals surface area (Å²) in [6.07, 6.45) is 3.36. The van der Waals surface area contributed by atoms with E-state index in [0.717, 1.165) is 11.1 Å². The molecule has 0 spiro atoms. The van der Waals surface area contributed by atoms with Gasteiger partial charge in [0.1, 0.15) is 5.58 Å². The normalized spacial score (nSPS) is 15.6. The van der Waals surface area contributed by atoms with Crippen molar-refractivity contribution >= 4 is 40.1 Å². The summed E-state index contributed by atoms with van der Waals surface area (Å²) in [6.45, 7) is 0.268. The Labute approximate surface area is 181 Å². The highest BCUT2D eigenvalue weighted by molar-refractivity contribution is 6.31. The van der Waals surface area contributed by atoms with Crippen LogP contribution in [0.3, 0.4) is 0 Å². The molecule has 1 amide bonds. The van der Waals surface area contributed by atoms with Gasteiger partial charge in [0.25, 0.3) is 5.91 Å². The zero-order chi connectivity index (χ0) is 20.8. The van der Waals surface area contributed by atoms with Gasteiger partial charge in [-0.1, -0.05) is 41.4 Å². The van der Waals surface area contributed by atoms with E-state index in [0.29, 0.717) is 26.6 Å². The molecule has 0 radical (unpaired) electrons. The average Bonchev–Trinajstić information content (AvgIpc) is 3.02. The first-order valence-corrected chi connectivity index (χ1v) is 10.00. The molecule has 1 aliphatic rings. The highest BCUT2D eigenvalue weighted by atomic mass is 35.5. The maximum atomic E-state index is 13.4. The van der Waals surface area contributed by atoms with Crippen LogP contribution < -0.4 is 5.43 Å². The van der Waals surface area contributed by atoms with Crippen LogP contribution in [0.2, 0.25) is 10.0 Å². The second-order valence-corrected chi connectivity index (χ2v) is 7.94. The van der Waals surface area contributed by atoms with Crippen molar-refractivity contribution in [2.24, 2.45) is 0 Å². The number of carbonyl (C=O) groups is 1. The van der Waals surface area contributed by atoms with Gasteiger partial charge < -0.3 is 9.32 Å². The summed E-state index contributed by atoms with van der Waals surface area (Å²) < 4.78 is 5.90. The van der Waals surface area contributed by atoms with Crippen LogP contribution in [-0.4, -0.2) is 15.8 Å². The van der Waals surface area contributed by atoms with Crippen LogP contribution >= 0.6 is 23.2 Å². The first kappa shape index (κ1) is 18.9. The van der Waals surface area contributed by atoms with Crippen LogP contribution in [0.1, 0.15) is 33.3 Å². The maximum absolute atomic E-state index is 13.4. The van der Waals surface area contributed by atoms with E-state index in [1.165, 1.54) is 0 Å². The van der Waals surface area contributed by atoms with Crippen LogP contribution in [0, 0.1) is 0 Å². The third kappa shape index (κ3) is 3.07. The fraction of sp³-hybridized carbons (Fsp3) is 0.0870. The average molecular weight is 437 g/mol. The zero-order valence-corrected chi connectivity index (χ0v) is 17.0. The lowest BCUT2D eigenvalue weighted by atomic mass is 9.98. The largest absolute Gasteiger partial charge is 0.450 e. The molecule has 1 unspecified atom stereocenters. The smallest absolute Gasteiger partial charge is 0.291 e. The van der Waals surface area contributed by atoms with E-state index in [9.17, 15) is 9.59 Å². The fourth-order valence-corrected chi connectivity index (χ4v) is 4.24. The molecular weight excluding hydrogens is 423 g/mol. The quantitative estimate of drug-likeness (QED) is 0.440. The van der Waals surface area contributed by atoms with Crippen LogP contribution in [0.15, 0.2) is 76.2 Å². The van der Waals surface area contributed by atoms with E-state index in [2.05, 4.69) is 4.98 Å². The van der Waals surface area contributed by atoms with E-state index in [1.54, 1.807) is 59.8 Å². The first-order valence-electron chi connectivity index (χ1n) is 9.24. The van der Waals surface area contributed by atoms with E-state index < -0.39 is 6.04 Å². The number of amides is 1. The predicted octanol–water partition coefficient (Wildman–Crippen LogP) is 5.24. The van der Waals surface area contributed by atoms with Gasteiger partial charge >= 0.3 is 0 Å². The predicted molar refractivity (Wildman–Crippen MR) is 115 cm³/mol. The molecule has 4 aromatic rings. The molecule has 0 aliphatic carbocycles. The molecule has 30 heavy (non-hydrogen) atoms. The molecule has 148 valence electrons. The van der Waals surface area contributed by atoms with Crippen molar-refractivity contribution in [3.05, 3.63) is 110 Å².